The standard InChI is InChI=1S/C11H11ClN2O3/c1-6-2-3-7(17-6)10-11(12)14-8(13-10)4-5-9(15)16/h2-3H,4-5H2,1H3,(H,13,14)(H,15,16). The van der Waals surface area contributed by atoms with Crippen molar-refractivity contribution in [3.8, 4) is 11.5 Å². The van der Waals surface area contributed by atoms with Crippen molar-refractivity contribution in [3.05, 3.63) is 28.9 Å². The molecular formula is C11H11ClN2O3. The van der Waals surface area contributed by atoms with Crippen LogP contribution in [0, 0.1) is 6.92 Å². The minimum Gasteiger partial charge on any atom is -0.481 e. The fourth-order valence-electron chi connectivity index (χ4n) is 1.47. The SMILES string of the molecule is Cc1ccc(-c2nc(CCC(=O)O)[nH]c2Cl)o1. The van der Waals surface area contributed by atoms with Crippen molar-refractivity contribution in [3.63, 3.8) is 0 Å². The van der Waals surface area contributed by atoms with Crippen LogP contribution in [0.25, 0.3) is 11.5 Å². The minimum absolute atomic E-state index is 0.0143. The van der Waals surface area contributed by atoms with Gasteiger partial charge in [-0.25, -0.2) is 4.98 Å². The van der Waals surface area contributed by atoms with Crippen LogP contribution in [-0.2, 0) is 11.2 Å². The van der Waals surface area contributed by atoms with Crippen LogP contribution in [0.15, 0.2) is 16.5 Å². The first-order valence-corrected chi connectivity index (χ1v) is 5.47. The van der Waals surface area contributed by atoms with Crippen LogP contribution in [-0.4, -0.2) is 21.0 Å². The van der Waals surface area contributed by atoms with Gasteiger partial charge in [0.2, 0.25) is 0 Å². The molecule has 2 N–H and O–H groups in total. The normalized spacial score (nSPS) is 10.7. The van der Waals surface area contributed by atoms with Crippen molar-refractivity contribution in [1.82, 2.24) is 9.97 Å². The predicted molar refractivity (Wildman–Crippen MR) is 62.0 cm³/mol. The summed E-state index contributed by atoms with van der Waals surface area (Å²) in [5.74, 6) is 1.02. The van der Waals surface area contributed by atoms with Gasteiger partial charge in [0.25, 0.3) is 0 Å². The fraction of sp³-hybridized carbons (Fsp3) is 0.273. The third kappa shape index (κ3) is 2.68. The van der Waals surface area contributed by atoms with E-state index < -0.39 is 5.97 Å². The van der Waals surface area contributed by atoms with E-state index in [4.69, 9.17) is 21.1 Å². The maximum absolute atomic E-state index is 10.4. The van der Waals surface area contributed by atoms with Crippen molar-refractivity contribution in [2.45, 2.75) is 19.8 Å². The van der Waals surface area contributed by atoms with Gasteiger partial charge in [-0.2, -0.15) is 0 Å². The summed E-state index contributed by atoms with van der Waals surface area (Å²) in [6.07, 6.45) is 0.329. The molecule has 5 nitrogen and oxygen atoms in total. The third-order valence-electron chi connectivity index (χ3n) is 2.26. The molecule has 0 fully saturated rings. The van der Waals surface area contributed by atoms with Gasteiger partial charge in [0.15, 0.2) is 5.76 Å². The Bertz CT molecular complexity index is 545. The lowest BCUT2D eigenvalue weighted by Gasteiger charge is -1.91. The highest BCUT2D eigenvalue weighted by Crippen LogP contribution is 2.27. The van der Waals surface area contributed by atoms with Crippen LogP contribution in [0.1, 0.15) is 18.0 Å². The number of halogens is 1. The number of hydrogen-bond acceptors (Lipinski definition) is 3. The summed E-state index contributed by atoms with van der Waals surface area (Å²) in [4.78, 5) is 17.5. The van der Waals surface area contributed by atoms with E-state index in [1.165, 1.54) is 0 Å². The van der Waals surface area contributed by atoms with E-state index in [9.17, 15) is 4.79 Å². The lowest BCUT2D eigenvalue weighted by Crippen LogP contribution is -1.98. The quantitative estimate of drug-likeness (QED) is 0.879. The zero-order chi connectivity index (χ0) is 12.4. The number of furan rings is 1. The van der Waals surface area contributed by atoms with Crippen molar-refractivity contribution in [2.75, 3.05) is 0 Å². The number of aryl methyl sites for hydroxylation is 2. The highest BCUT2D eigenvalue weighted by Gasteiger charge is 2.14. The number of aromatic nitrogens is 2. The molecule has 2 heterocycles. The zero-order valence-corrected chi connectivity index (χ0v) is 9.91. The van der Waals surface area contributed by atoms with E-state index in [0.29, 0.717) is 28.9 Å². The number of aliphatic carboxylic acids is 1. The van der Waals surface area contributed by atoms with E-state index in [1.54, 1.807) is 6.07 Å². The molecule has 0 aromatic carbocycles. The largest absolute Gasteiger partial charge is 0.481 e. The number of H-pyrrole nitrogens is 1. The van der Waals surface area contributed by atoms with Crippen molar-refractivity contribution >= 4 is 17.6 Å². The first-order chi connectivity index (χ1) is 8.06. The van der Waals surface area contributed by atoms with E-state index in [-0.39, 0.29) is 6.42 Å². The second kappa shape index (κ2) is 4.63. The van der Waals surface area contributed by atoms with Crippen LogP contribution in [0.2, 0.25) is 5.15 Å². The molecule has 0 amide bonds. The van der Waals surface area contributed by atoms with Gasteiger partial charge >= 0.3 is 5.97 Å². The fourth-order valence-corrected chi connectivity index (χ4v) is 1.71. The lowest BCUT2D eigenvalue weighted by atomic mass is 10.3. The van der Waals surface area contributed by atoms with Gasteiger partial charge in [0.05, 0.1) is 6.42 Å². The van der Waals surface area contributed by atoms with Crippen LogP contribution >= 0.6 is 11.6 Å². The zero-order valence-electron chi connectivity index (χ0n) is 9.16. The van der Waals surface area contributed by atoms with Crippen molar-refractivity contribution < 1.29 is 14.3 Å². The molecule has 0 bridgehead atoms. The smallest absolute Gasteiger partial charge is 0.303 e. The molecule has 0 aliphatic carbocycles. The van der Waals surface area contributed by atoms with Crippen molar-refractivity contribution in [1.29, 1.82) is 0 Å². The van der Waals surface area contributed by atoms with E-state index in [0.717, 1.165) is 5.76 Å². The predicted octanol–water partition coefficient (Wildman–Crippen LogP) is 2.65. The molecule has 6 heteroatoms. The Kier molecular flexibility index (Phi) is 3.19. The molecule has 0 saturated heterocycles. The number of carbonyl (C=O) groups is 1. The molecule has 17 heavy (non-hydrogen) atoms. The molecule has 2 rings (SSSR count). The molecule has 90 valence electrons. The Morgan fingerprint density at radius 3 is 2.94 bits per heavy atom. The van der Waals surface area contributed by atoms with Gasteiger partial charge in [-0.05, 0) is 19.1 Å². The molecule has 0 unspecified atom stereocenters. The Morgan fingerprint density at radius 1 is 1.59 bits per heavy atom. The number of nitrogens with one attached hydrogen (secondary N) is 1. The summed E-state index contributed by atoms with van der Waals surface area (Å²) >= 11 is 5.98. The summed E-state index contributed by atoms with van der Waals surface area (Å²) < 4.78 is 5.41. The summed E-state index contributed by atoms with van der Waals surface area (Å²) in [6, 6.07) is 3.59. The molecule has 0 atom stereocenters. The molecule has 2 aromatic heterocycles. The van der Waals surface area contributed by atoms with Gasteiger partial charge < -0.3 is 14.5 Å². The Morgan fingerprint density at radius 2 is 2.35 bits per heavy atom. The van der Waals surface area contributed by atoms with Crippen LogP contribution < -0.4 is 0 Å². The lowest BCUT2D eigenvalue weighted by molar-refractivity contribution is -0.137. The number of imidazole rings is 1. The van der Waals surface area contributed by atoms with Crippen LogP contribution in [0.5, 0.6) is 0 Å². The Balaban J connectivity index is 2.21. The van der Waals surface area contributed by atoms with Crippen LogP contribution in [0.4, 0.5) is 0 Å². The molecule has 0 saturated carbocycles. The maximum atomic E-state index is 10.4. The summed E-state index contributed by atoms with van der Waals surface area (Å²) in [5.41, 5.74) is 0.514. The van der Waals surface area contributed by atoms with E-state index in [1.807, 2.05) is 13.0 Å². The van der Waals surface area contributed by atoms with Gasteiger partial charge in [-0.15, -0.1) is 0 Å². The summed E-state index contributed by atoms with van der Waals surface area (Å²) in [7, 11) is 0. The first-order valence-electron chi connectivity index (χ1n) is 5.09. The second-order valence-electron chi connectivity index (χ2n) is 3.65. The molecule has 2 aromatic rings. The van der Waals surface area contributed by atoms with Gasteiger partial charge in [0.1, 0.15) is 22.4 Å². The first kappa shape index (κ1) is 11.7. The third-order valence-corrected chi connectivity index (χ3v) is 2.53. The second-order valence-corrected chi connectivity index (χ2v) is 4.03. The number of rotatable bonds is 4. The van der Waals surface area contributed by atoms with Gasteiger partial charge in [0, 0.05) is 6.42 Å². The number of nitrogens with zero attached hydrogens (tertiary/aromatic N) is 1. The number of carboxylic acid groups (broad SMARTS) is 1. The van der Waals surface area contributed by atoms with Gasteiger partial charge in [-0.3, -0.25) is 4.79 Å². The molecule has 0 radical (unpaired) electrons. The number of carboxylic acids is 1. The highest BCUT2D eigenvalue weighted by atomic mass is 35.5. The molecule has 0 aliphatic rings. The average Bonchev–Trinajstić information content (AvgIpc) is 2.82. The number of aromatic amines is 1. The summed E-state index contributed by atoms with van der Waals surface area (Å²) in [6.45, 7) is 1.83. The molecular weight excluding hydrogens is 244 g/mol. The topological polar surface area (TPSA) is 79.1 Å². The minimum atomic E-state index is -0.868. The van der Waals surface area contributed by atoms with Crippen LogP contribution in [0.3, 0.4) is 0 Å². The highest BCUT2D eigenvalue weighted by molar-refractivity contribution is 6.31. The van der Waals surface area contributed by atoms with E-state index in [2.05, 4.69) is 9.97 Å². The summed E-state index contributed by atoms with van der Waals surface area (Å²) in [5, 5.41) is 8.94. The Hall–Kier alpha value is -1.75. The monoisotopic (exact) mass is 254 g/mol. The van der Waals surface area contributed by atoms with Gasteiger partial charge in [-0.1, -0.05) is 11.6 Å². The van der Waals surface area contributed by atoms with Crippen molar-refractivity contribution in [2.24, 2.45) is 0 Å². The molecule has 0 aliphatic heterocycles. The van der Waals surface area contributed by atoms with E-state index >= 15 is 0 Å². The maximum Gasteiger partial charge on any atom is 0.303 e. The Labute approximate surface area is 102 Å². The number of hydrogen-bond donors (Lipinski definition) is 2. The molecule has 0 spiro atoms. The average molecular weight is 255 g/mol.